The van der Waals surface area contributed by atoms with Crippen LogP contribution in [0.3, 0.4) is 0 Å². The van der Waals surface area contributed by atoms with Crippen molar-refractivity contribution >= 4 is 11.3 Å². The van der Waals surface area contributed by atoms with Crippen LogP contribution in [0.1, 0.15) is 5.56 Å². The topological polar surface area (TPSA) is 30.5 Å². The molecule has 2 rings (SSSR count). The lowest BCUT2D eigenvalue weighted by Gasteiger charge is -2.23. The highest BCUT2D eigenvalue weighted by Gasteiger charge is 2.12. The fourth-order valence-electron chi connectivity index (χ4n) is 1.59. The molecule has 0 amide bonds. The van der Waals surface area contributed by atoms with Crippen molar-refractivity contribution in [1.29, 1.82) is 0 Å². The maximum absolute atomic E-state index is 5.53. The first-order chi connectivity index (χ1) is 7.45. The van der Waals surface area contributed by atoms with E-state index in [0.29, 0.717) is 0 Å². The van der Waals surface area contributed by atoms with Gasteiger partial charge >= 0.3 is 0 Å². The van der Waals surface area contributed by atoms with E-state index in [4.69, 9.17) is 9.47 Å². The Bertz CT molecular complexity index is 258. The molecular weight excluding hydrogens is 210 g/mol. The molecular formula is C11H17NO2S. The van der Waals surface area contributed by atoms with Gasteiger partial charge < -0.3 is 14.8 Å². The van der Waals surface area contributed by atoms with E-state index >= 15 is 0 Å². The molecule has 0 aromatic carbocycles. The minimum Gasteiger partial charge on any atom is -0.376 e. The molecule has 1 aliphatic heterocycles. The van der Waals surface area contributed by atoms with Crippen molar-refractivity contribution < 1.29 is 9.47 Å². The summed E-state index contributed by atoms with van der Waals surface area (Å²) in [4.78, 5) is 0. The molecule has 1 saturated heterocycles. The van der Waals surface area contributed by atoms with E-state index in [0.717, 1.165) is 39.3 Å². The van der Waals surface area contributed by atoms with Gasteiger partial charge in [-0.3, -0.25) is 0 Å². The van der Waals surface area contributed by atoms with Gasteiger partial charge in [-0.15, -0.1) is 0 Å². The van der Waals surface area contributed by atoms with Crippen molar-refractivity contribution in [2.24, 2.45) is 0 Å². The molecule has 3 nitrogen and oxygen atoms in total. The maximum Gasteiger partial charge on any atom is 0.0933 e. The fourth-order valence-corrected chi connectivity index (χ4v) is 2.29. The molecule has 1 aromatic heterocycles. The summed E-state index contributed by atoms with van der Waals surface area (Å²) in [7, 11) is 0. The summed E-state index contributed by atoms with van der Waals surface area (Å²) < 4.78 is 10.9. The Balaban J connectivity index is 1.54. The van der Waals surface area contributed by atoms with Gasteiger partial charge in [-0.05, 0) is 35.4 Å². The first-order valence-electron chi connectivity index (χ1n) is 5.36. The van der Waals surface area contributed by atoms with Gasteiger partial charge in [-0.1, -0.05) is 0 Å². The quantitative estimate of drug-likeness (QED) is 0.769. The van der Waals surface area contributed by atoms with Crippen LogP contribution in [0, 0.1) is 0 Å². The Morgan fingerprint density at radius 3 is 3.20 bits per heavy atom. The third kappa shape index (κ3) is 3.91. The summed E-state index contributed by atoms with van der Waals surface area (Å²) in [6.45, 7) is 4.11. The Kier molecular flexibility index (Phi) is 4.60. The number of hydrogen-bond donors (Lipinski definition) is 1. The van der Waals surface area contributed by atoms with Gasteiger partial charge in [0.1, 0.15) is 0 Å². The molecule has 0 aliphatic carbocycles. The van der Waals surface area contributed by atoms with Gasteiger partial charge in [0.2, 0.25) is 0 Å². The first kappa shape index (κ1) is 11.1. The Morgan fingerprint density at radius 2 is 2.47 bits per heavy atom. The van der Waals surface area contributed by atoms with E-state index in [9.17, 15) is 0 Å². The molecule has 1 aromatic rings. The monoisotopic (exact) mass is 227 g/mol. The van der Waals surface area contributed by atoms with Gasteiger partial charge in [0.15, 0.2) is 0 Å². The van der Waals surface area contributed by atoms with Crippen molar-refractivity contribution in [3.05, 3.63) is 22.4 Å². The summed E-state index contributed by atoms with van der Waals surface area (Å²) in [5, 5.41) is 7.71. The highest BCUT2D eigenvalue weighted by molar-refractivity contribution is 7.07. The van der Waals surface area contributed by atoms with Gasteiger partial charge in [-0.25, -0.2) is 0 Å². The zero-order valence-corrected chi connectivity index (χ0v) is 9.59. The van der Waals surface area contributed by atoms with Gasteiger partial charge in [-0.2, -0.15) is 11.3 Å². The number of hydrogen-bond acceptors (Lipinski definition) is 4. The SMILES string of the molecule is c1cc(CCNCC2COCCO2)cs1. The average molecular weight is 227 g/mol. The normalized spacial score (nSPS) is 21.7. The zero-order valence-electron chi connectivity index (χ0n) is 8.78. The second-order valence-electron chi connectivity index (χ2n) is 3.65. The van der Waals surface area contributed by atoms with Crippen LogP contribution in [0.4, 0.5) is 0 Å². The van der Waals surface area contributed by atoms with Crippen LogP contribution in [-0.2, 0) is 15.9 Å². The molecule has 1 N–H and O–H groups in total. The van der Waals surface area contributed by atoms with Gasteiger partial charge in [0.25, 0.3) is 0 Å². The molecule has 4 heteroatoms. The predicted octanol–water partition coefficient (Wildman–Crippen LogP) is 1.30. The molecule has 84 valence electrons. The molecule has 0 spiro atoms. The third-order valence-corrected chi connectivity index (χ3v) is 3.16. The van der Waals surface area contributed by atoms with Gasteiger partial charge in [0.05, 0.1) is 25.9 Å². The third-order valence-electron chi connectivity index (χ3n) is 2.43. The van der Waals surface area contributed by atoms with E-state index in [2.05, 4.69) is 22.1 Å². The number of rotatable bonds is 5. The van der Waals surface area contributed by atoms with Crippen molar-refractivity contribution in [3.63, 3.8) is 0 Å². The molecule has 0 radical (unpaired) electrons. The maximum atomic E-state index is 5.53. The second-order valence-corrected chi connectivity index (χ2v) is 4.43. The molecule has 2 heterocycles. The summed E-state index contributed by atoms with van der Waals surface area (Å²) in [5.74, 6) is 0. The molecule has 1 aliphatic rings. The van der Waals surface area contributed by atoms with Crippen LogP contribution in [0.2, 0.25) is 0 Å². The van der Waals surface area contributed by atoms with E-state index in [1.165, 1.54) is 5.56 Å². The summed E-state index contributed by atoms with van der Waals surface area (Å²) >= 11 is 1.75. The smallest absolute Gasteiger partial charge is 0.0933 e. The van der Waals surface area contributed by atoms with Crippen molar-refractivity contribution in [3.8, 4) is 0 Å². The van der Waals surface area contributed by atoms with Crippen molar-refractivity contribution in [2.75, 3.05) is 32.9 Å². The molecule has 0 bridgehead atoms. The first-order valence-corrected chi connectivity index (χ1v) is 6.30. The van der Waals surface area contributed by atoms with Crippen molar-refractivity contribution in [1.82, 2.24) is 5.32 Å². The lowest BCUT2D eigenvalue weighted by molar-refractivity contribution is -0.0862. The van der Waals surface area contributed by atoms with Crippen LogP contribution in [-0.4, -0.2) is 39.0 Å². The largest absolute Gasteiger partial charge is 0.376 e. The predicted molar refractivity (Wildman–Crippen MR) is 61.5 cm³/mol. The molecule has 1 atom stereocenters. The minimum atomic E-state index is 0.237. The fraction of sp³-hybridized carbons (Fsp3) is 0.636. The second kappa shape index (κ2) is 6.23. The number of nitrogens with one attached hydrogen (secondary N) is 1. The Morgan fingerprint density at radius 1 is 1.47 bits per heavy atom. The highest BCUT2D eigenvalue weighted by atomic mass is 32.1. The summed E-state index contributed by atoms with van der Waals surface area (Å²) in [6, 6.07) is 2.17. The zero-order chi connectivity index (χ0) is 10.3. The molecule has 1 fully saturated rings. The molecule has 0 saturated carbocycles. The Labute approximate surface area is 94.4 Å². The van der Waals surface area contributed by atoms with E-state index in [-0.39, 0.29) is 6.10 Å². The molecule has 15 heavy (non-hydrogen) atoms. The molecule has 1 unspecified atom stereocenters. The van der Waals surface area contributed by atoms with Crippen molar-refractivity contribution in [2.45, 2.75) is 12.5 Å². The Hall–Kier alpha value is -0.420. The van der Waals surface area contributed by atoms with E-state index in [1.807, 2.05) is 0 Å². The van der Waals surface area contributed by atoms with E-state index < -0.39 is 0 Å². The van der Waals surface area contributed by atoms with Crippen LogP contribution >= 0.6 is 11.3 Å². The lowest BCUT2D eigenvalue weighted by Crippen LogP contribution is -2.38. The standard InChI is InChI=1S/C11H17NO2S/c1(10-2-6-15-9-10)3-12-7-11-8-13-4-5-14-11/h2,6,9,11-12H,1,3-5,7-8H2. The minimum absolute atomic E-state index is 0.237. The average Bonchev–Trinajstić information content (AvgIpc) is 2.79. The lowest BCUT2D eigenvalue weighted by atomic mass is 10.2. The highest BCUT2D eigenvalue weighted by Crippen LogP contribution is 2.05. The van der Waals surface area contributed by atoms with Crippen LogP contribution < -0.4 is 5.32 Å². The summed E-state index contributed by atoms with van der Waals surface area (Å²) in [5.41, 5.74) is 1.41. The number of thiophene rings is 1. The van der Waals surface area contributed by atoms with Crippen LogP contribution in [0.5, 0.6) is 0 Å². The van der Waals surface area contributed by atoms with E-state index in [1.54, 1.807) is 11.3 Å². The summed E-state index contributed by atoms with van der Waals surface area (Å²) in [6.07, 6.45) is 1.33. The van der Waals surface area contributed by atoms with Crippen LogP contribution in [0.25, 0.3) is 0 Å². The van der Waals surface area contributed by atoms with Crippen LogP contribution in [0.15, 0.2) is 16.8 Å². The van der Waals surface area contributed by atoms with Gasteiger partial charge in [0, 0.05) is 6.54 Å². The number of ether oxygens (including phenoxy) is 2.